The molecule has 3 aromatic rings. The molecular weight excluding hydrogens is 396 g/mol. The third-order valence-electron chi connectivity index (χ3n) is 4.73. The number of Topliss-reactive ketones (excluding diaryl/α,β-unsaturated/α-hetero) is 1. The van der Waals surface area contributed by atoms with E-state index in [1.807, 2.05) is 0 Å². The zero-order valence-corrected chi connectivity index (χ0v) is 16.8. The highest BCUT2D eigenvalue weighted by Gasteiger charge is 2.30. The summed E-state index contributed by atoms with van der Waals surface area (Å²) < 4.78 is 27.9. The molecule has 0 aliphatic heterocycles. The summed E-state index contributed by atoms with van der Waals surface area (Å²) in [4.78, 5) is 41.9. The maximum atomic E-state index is 12.8. The molecule has 3 heterocycles. The van der Waals surface area contributed by atoms with Crippen LogP contribution in [0, 0.1) is 5.92 Å². The van der Waals surface area contributed by atoms with Gasteiger partial charge in [-0.25, -0.2) is 19.9 Å². The van der Waals surface area contributed by atoms with E-state index in [2.05, 4.69) is 30.6 Å². The van der Waals surface area contributed by atoms with Crippen LogP contribution in [-0.4, -0.2) is 38.7 Å². The number of ether oxygens (including phenoxy) is 1. The Morgan fingerprint density at radius 3 is 2.71 bits per heavy atom. The van der Waals surface area contributed by atoms with Crippen LogP contribution < -0.4 is 15.4 Å². The van der Waals surface area contributed by atoms with Crippen molar-refractivity contribution < 1.29 is 18.4 Å². The van der Waals surface area contributed by atoms with Crippen molar-refractivity contribution in [2.24, 2.45) is 5.92 Å². The van der Waals surface area contributed by atoms with Crippen LogP contribution in [0.15, 0.2) is 43.0 Å². The van der Waals surface area contributed by atoms with Crippen molar-refractivity contribution >= 4 is 29.0 Å². The SMILES string of the molecule is [2H]C([2H])([2H])CC(=O)c1cnc(NC(=O)C2CC2)cc1Nc1nccc(-c2ncccn2)c1OC. The lowest BCUT2D eigenvalue weighted by molar-refractivity contribution is -0.117. The first kappa shape index (κ1) is 16.9. The highest BCUT2D eigenvalue weighted by molar-refractivity contribution is 6.02. The topological polar surface area (TPSA) is 119 Å². The summed E-state index contributed by atoms with van der Waals surface area (Å²) in [5.41, 5.74) is 0.838. The van der Waals surface area contributed by atoms with E-state index in [1.54, 1.807) is 24.5 Å². The number of hydrogen-bond acceptors (Lipinski definition) is 8. The Morgan fingerprint density at radius 2 is 2.00 bits per heavy atom. The maximum absolute atomic E-state index is 12.8. The van der Waals surface area contributed by atoms with Gasteiger partial charge in [0.25, 0.3) is 0 Å². The highest BCUT2D eigenvalue weighted by Crippen LogP contribution is 2.36. The summed E-state index contributed by atoms with van der Waals surface area (Å²) in [5.74, 6) is 0.390. The van der Waals surface area contributed by atoms with Crippen LogP contribution in [-0.2, 0) is 4.79 Å². The Kier molecular flexibility index (Phi) is 4.82. The van der Waals surface area contributed by atoms with Crippen molar-refractivity contribution in [3.05, 3.63) is 48.5 Å². The fourth-order valence-electron chi connectivity index (χ4n) is 3.00. The minimum absolute atomic E-state index is 0.0422. The predicted molar refractivity (Wildman–Crippen MR) is 115 cm³/mol. The molecule has 158 valence electrons. The van der Waals surface area contributed by atoms with E-state index < -0.39 is 19.1 Å². The van der Waals surface area contributed by atoms with Crippen LogP contribution in [0.2, 0.25) is 0 Å². The van der Waals surface area contributed by atoms with Crippen LogP contribution in [0.1, 0.15) is 40.6 Å². The summed E-state index contributed by atoms with van der Waals surface area (Å²) in [6.07, 6.45) is 6.94. The Bertz CT molecular complexity index is 1220. The van der Waals surface area contributed by atoms with Gasteiger partial charge in [-0.3, -0.25) is 9.59 Å². The van der Waals surface area contributed by atoms with Crippen molar-refractivity contribution in [2.75, 3.05) is 17.7 Å². The second-order valence-electron chi connectivity index (χ2n) is 6.92. The van der Waals surface area contributed by atoms with Crippen LogP contribution in [0.3, 0.4) is 0 Å². The van der Waals surface area contributed by atoms with Crippen LogP contribution >= 0.6 is 0 Å². The first-order valence-corrected chi connectivity index (χ1v) is 9.66. The van der Waals surface area contributed by atoms with E-state index in [4.69, 9.17) is 8.85 Å². The number of amides is 1. The van der Waals surface area contributed by atoms with Crippen molar-refractivity contribution in [1.29, 1.82) is 0 Å². The molecule has 0 bridgehead atoms. The molecule has 1 fully saturated rings. The third-order valence-corrected chi connectivity index (χ3v) is 4.73. The molecule has 1 amide bonds. The fraction of sp³-hybridized carbons (Fsp3) is 0.273. The number of hydrogen-bond donors (Lipinski definition) is 2. The Labute approximate surface area is 183 Å². The Hall–Kier alpha value is -3.88. The van der Waals surface area contributed by atoms with Gasteiger partial charge >= 0.3 is 0 Å². The number of carbonyl (C=O) groups is 2. The molecule has 0 unspecified atom stereocenters. The summed E-state index contributed by atoms with van der Waals surface area (Å²) in [7, 11) is 1.46. The molecule has 0 saturated heterocycles. The number of anilines is 3. The molecule has 1 aliphatic rings. The molecule has 0 radical (unpaired) electrons. The van der Waals surface area contributed by atoms with Gasteiger partial charge in [0, 0.05) is 47.3 Å². The Balaban J connectivity index is 1.72. The van der Waals surface area contributed by atoms with Crippen molar-refractivity contribution in [1.82, 2.24) is 19.9 Å². The predicted octanol–water partition coefficient (Wildman–Crippen LogP) is 3.63. The first-order chi connectivity index (χ1) is 16.2. The van der Waals surface area contributed by atoms with Gasteiger partial charge in [-0.05, 0) is 25.0 Å². The molecule has 2 N–H and O–H groups in total. The van der Waals surface area contributed by atoms with Gasteiger partial charge in [0.1, 0.15) is 5.82 Å². The molecule has 31 heavy (non-hydrogen) atoms. The standard InChI is InChI=1S/C22H22N6O3/c1-3-17(29)15-12-26-18(28-22(30)13-5-6-13)11-16(15)27-21-19(31-2)14(7-10-25-21)20-23-8-4-9-24-20/h4,7-13H,3,5-6H2,1-2H3,(H2,25,26,27,28,30)/i1D3. The first-order valence-electron chi connectivity index (χ1n) is 11.2. The molecule has 9 nitrogen and oxygen atoms in total. The van der Waals surface area contributed by atoms with Gasteiger partial charge in [0.15, 0.2) is 23.2 Å². The second-order valence-corrected chi connectivity index (χ2v) is 6.92. The average Bonchev–Trinajstić information content (AvgIpc) is 3.64. The van der Waals surface area contributed by atoms with E-state index in [9.17, 15) is 9.59 Å². The lowest BCUT2D eigenvalue weighted by Gasteiger charge is -2.16. The molecule has 0 atom stereocenters. The van der Waals surface area contributed by atoms with E-state index in [1.165, 1.54) is 25.6 Å². The van der Waals surface area contributed by atoms with Crippen LogP contribution in [0.5, 0.6) is 5.75 Å². The number of nitrogens with one attached hydrogen (secondary N) is 2. The lowest BCUT2D eigenvalue weighted by Crippen LogP contribution is -2.15. The molecule has 4 rings (SSSR count). The monoisotopic (exact) mass is 421 g/mol. The lowest BCUT2D eigenvalue weighted by atomic mass is 10.1. The fourth-order valence-corrected chi connectivity index (χ4v) is 3.00. The molecule has 9 heteroatoms. The summed E-state index contributed by atoms with van der Waals surface area (Å²) in [6.45, 7) is -2.45. The molecule has 3 aromatic heterocycles. The van der Waals surface area contributed by atoms with Crippen LogP contribution in [0.25, 0.3) is 11.4 Å². The number of pyridine rings is 2. The maximum Gasteiger partial charge on any atom is 0.228 e. The van der Waals surface area contributed by atoms with Gasteiger partial charge in [0.05, 0.1) is 23.9 Å². The van der Waals surface area contributed by atoms with Gasteiger partial charge < -0.3 is 15.4 Å². The largest absolute Gasteiger partial charge is 0.492 e. The van der Waals surface area contributed by atoms with Crippen molar-refractivity contribution in [3.8, 4) is 17.1 Å². The minimum Gasteiger partial charge on any atom is -0.492 e. The zero-order valence-electron chi connectivity index (χ0n) is 19.8. The summed E-state index contributed by atoms with van der Waals surface area (Å²) in [6, 6.07) is 4.85. The second kappa shape index (κ2) is 8.86. The molecule has 1 saturated carbocycles. The highest BCUT2D eigenvalue weighted by atomic mass is 16.5. The molecule has 1 aliphatic carbocycles. The van der Waals surface area contributed by atoms with Gasteiger partial charge in [0.2, 0.25) is 5.91 Å². The molecular formula is C22H22N6O3. The van der Waals surface area contributed by atoms with Crippen molar-refractivity contribution in [2.45, 2.75) is 26.1 Å². The summed E-state index contributed by atoms with van der Waals surface area (Å²) >= 11 is 0. The number of methoxy groups -OCH3 is 1. The summed E-state index contributed by atoms with van der Waals surface area (Å²) in [5, 5.41) is 5.77. The van der Waals surface area contributed by atoms with Gasteiger partial charge in [-0.2, -0.15) is 0 Å². The van der Waals surface area contributed by atoms with E-state index in [-0.39, 0.29) is 34.7 Å². The number of rotatable bonds is 8. The van der Waals surface area contributed by atoms with Crippen LogP contribution in [0.4, 0.5) is 17.3 Å². The minimum atomic E-state index is -2.45. The van der Waals surface area contributed by atoms with Gasteiger partial charge in [-0.1, -0.05) is 6.85 Å². The number of nitrogens with zero attached hydrogens (tertiary/aromatic N) is 4. The average molecular weight is 421 g/mol. The van der Waals surface area contributed by atoms with Crippen molar-refractivity contribution in [3.63, 3.8) is 0 Å². The number of carbonyl (C=O) groups excluding carboxylic acids is 2. The zero-order chi connectivity index (χ0) is 24.3. The van der Waals surface area contributed by atoms with Gasteiger partial charge in [-0.15, -0.1) is 0 Å². The number of ketones is 1. The molecule has 0 spiro atoms. The smallest absolute Gasteiger partial charge is 0.228 e. The number of aromatic nitrogens is 4. The van der Waals surface area contributed by atoms with E-state index in [0.717, 1.165) is 12.8 Å². The Morgan fingerprint density at radius 1 is 1.19 bits per heavy atom. The normalized spacial score (nSPS) is 14.7. The van der Waals surface area contributed by atoms with E-state index in [0.29, 0.717) is 17.1 Å². The molecule has 0 aromatic carbocycles. The third kappa shape index (κ3) is 4.50. The quantitative estimate of drug-likeness (QED) is 0.529. The van der Waals surface area contributed by atoms with E-state index >= 15 is 0 Å².